The van der Waals surface area contributed by atoms with Crippen LogP contribution in [0.3, 0.4) is 0 Å². The van der Waals surface area contributed by atoms with Crippen molar-refractivity contribution in [3.8, 4) is 0 Å². The van der Waals surface area contributed by atoms with Crippen LogP contribution in [0, 0.1) is 19.7 Å². The summed E-state index contributed by atoms with van der Waals surface area (Å²) in [5.41, 5.74) is 7.72. The topological polar surface area (TPSA) is 94.0 Å². The van der Waals surface area contributed by atoms with Crippen LogP contribution in [0.15, 0.2) is 17.3 Å². The molecule has 0 unspecified atom stereocenters. The van der Waals surface area contributed by atoms with Gasteiger partial charge >= 0.3 is 5.97 Å². The lowest BCUT2D eigenvalue weighted by Crippen LogP contribution is -2.08. The number of aromatic nitrogens is 3. The van der Waals surface area contributed by atoms with Gasteiger partial charge in [0.05, 0.1) is 12.3 Å². The van der Waals surface area contributed by atoms with E-state index >= 15 is 0 Å². The number of aliphatic carboxylic acids is 1. The Hall–Kier alpha value is -2.09. The number of carbonyl (C=O) groups is 1. The Morgan fingerprint density at radius 3 is 2.57 bits per heavy atom. The number of hydrogen-bond donors (Lipinski definition) is 2. The molecule has 0 bridgehead atoms. The van der Waals surface area contributed by atoms with E-state index in [1.807, 2.05) is 0 Å². The number of nitrogens with zero attached hydrogens (tertiary/aromatic N) is 3. The fourth-order valence-corrected chi connectivity index (χ4v) is 2.66. The van der Waals surface area contributed by atoms with E-state index in [1.165, 1.54) is 0 Å². The molecular formula is C13H15FN4O2S. The average Bonchev–Trinajstić information content (AvgIpc) is 2.75. The van der Waals surface area contributed by atoms with Gasteiger partial charge in [-0.1, -0.05) is 23.9 Å². The highest BCUT2D eigenvalue weighted by Gasteiger charge is 2.13. The molecule has 0 atom stereocenters. The maximum atomic E-state index is 13.6. The zero-order chi connectivity index (χ0) is 15.6. The molecule has 1 heterocycles. The SMILES string of the molecule is Cc1cc(Cn2c(N)nnc2SCC(=O)O)cc(C)c1F. The lowest BCUT2D eigenvalue weighted by atomic mass is 10.1. The van der Waals surface area contributed by atoms with E-state index < -0.39 is 5.97 Å². The standard InChI is InChI=1S/C13H15FN4O2S/c1-7-3-9(4-8(2)11(7)14)5-18-12(15)16-17-13(18)21-6-10(19)20/h3-4H,5-6H2,1-2H3,(H2,15,16)(H,19,20). The summed E-state index contributed by atoms with van der Waals surface area (Å²) in [7, 11) is 0. The molecule has 0 radical (unpaired) electrons. The van der Waals surface area contributed by atoms with E-state index in [9.17, 15) is 9.18 Å². The third-order valence-corrected chi connectivity index (χ3v) is 3.86. The van der Waals surface area contributed by atoms with Crippen LogP contribution in [-0.2, 0) is 11.3 Å². The van der Waals surface area contributed by atoms with Crippen LogP contribution >= 0.6 is 11.8 Å². The first-order valence-corrected chi connectivity index (χ1v) is 7.16. The van der Waals surface area contributed by atoms with Gasteiger partial charge in [-0.25, -0.2) is 4.39 Å². The molecule has 3 N–H and O–H groups in total. The van der Waals surface area contributed by atoms with E-state index in [0.29, 0.717) is 22.8 Å². The first-order valence-electron chi connectivity index (χ1n) is 6.17. The molecule has 0 fully saturated rings. The molecule has 0 saturated carbocycles. The number of halogens is 1. The molecule has 1 aromatic heterocycles. The van der Waals surface area contributed by atoms with E-state index in [2.05, 4.69) is 10.2 Å². The van der Waals surface area contributed by atoms with Gasteiger partial charge in [0.1, 0.15) is 5.82 Å². The number of nitrogen functional groups attached to an aromatic ring is 1. The Bertz CT molecular complexity index is 664. The summed E-state index contributed by atoms with van der Waals surface area (Å²) in [6.07, 6.45) is 0. The monoisotopic (exact) mass is 310 g/mol. The molecule has 1 aromatic carbocycles. The predicted molar refractivity (Wildman–Crippen MR) is 77.8 cm³/mol. The summed E-state index contributed by atoms with van der Waals surface area (Å²) in [6, 6.07) is 3.46. The number of anilines is 1. The Kier molecular flexibility index (Phi) is 4.46. The first kappa shape index (κ1) is 15.3. The third kappa shape index (κ3) is 3.52. The van der Waals surface area contributed by atoms with Crippen molar-refractivity contribution in [2.45, 2.75) is 25.5 Å². The second-order valence-corrected chi connectivity index (χ2v) is 5.60. The number of aryl methyl sites for hydroxylation is 2. The molecule has 0 amide bonds. The molecule has 0 aliphatic rings. The average molecular weight is 310 g/mol. The summed E-state index contributed by atoms with van der Waals surface area (Å²) >= 11 is 1.04. The van der Waals surface area contributed by atoms with Gasteiger partial charge in [-0.3, -0.25) is 9.36 Å². The van der Waals surface area contributed by atoms with Crippen molar-refractivity contribution in [2.24, 2.45) is 0 Å². The van der Waals surface area contributed by atoms with Crippen LogP contribution in [0.4, 0.5) is 10.3 Å². The number of rotatable bonds is 5. The van der Waals surface area contributed by atoms with Crippen molar-refractivity contribution in [2.75, 3.05) is 11.5 Å². The minimum atomic E-state index is -0.943. The Balaban J connectivity index is 2.27. The van der Waals surface area contributed by atoms with Crippen molar-refractivity contribution in [3.05, 3.63) is 34.6 Å². The van der Waals surface area contributed by atoms with Crippen molar-refractivity contribution in [1.82, 2.24) is 14.8 Å². The van der Waals surface area contributed by atoms with Gasteiger partial charge in [-0.05, 0) is 30.5 Å². The van der Waals surface area contributed by atoms with Crippen molar-refractivity contribution in [3.63, 3.8) is 0 Å². The predicted octanol–water partition coefficient (Wildman–Crippen LogP) is 1.84. The van der Waals surface area contributed by atoms with Gasteiger partial charge in [0.2, 0.25) is 5.95 Å². The Labute approximate surface area is 125 Å². The number of carboxylic acid groups (broad SMARTS) is 1. The van der Waals surface area contributed by atoms with Crippen molar-refractivity contribution in [1.29, 1.82) is 0 Å². The lowest BCUT2D eigenvalue weighted by molar-refractivity contribution is -0.133. The van der Waals surface area contributed by atoms with Gasteiger partial charge in [0.25, 0.3) is 0 Å². The maximum Gasteiger partial charge on any atom is 0.313 e. The Morgan fingerprint density at radius 1 is 1.38 bits per heavy atom. The van der Waals surface area contributed by atoms with E-state index in [-0.39, 0.29) is 17.5 Å². The molecule has 0 saturated heterocycles. The first-order chi connectivity index (χ1) is 9.88. The molecule has 0 spiro atoms. The molecule has 21 heavy (non-hydrogen) atoms. The molecule has 2 aromatic rings. The van der Waals surface area contributed by atoms with Crippen LogP contribution in [-0.4, -0.2) is 31.6 Å². The van der Waals surface area contributed by atoms with E-state index in [4.69, 9.17) is 10.8 Å². The number of thioether (sulfide) groups is 1. The number of carboxylic acids is 1. The normalized spacial score (nSPS) is 10.8. The van der Waals surface area contributed by atoms with Crippen LogP contribution in [0.1, 0.15) is 16.7 Å². The van der Waals surface area contributed by atoms with Gasteiger partial charge in [-0.15, -0.1) is 10.2 Å². The highest BCUT2D eigenvalue weighted by molar-refractivity contribution is 7.99. The Morgan fingerprint density at radius 2 is 2.00 bits per heavy atom. The second kappa shape index (κ2) is 6.13. The number of benzene rings is 1. The minimum absolute atomic E-state index is 0.125. The highest BCUT2D eigenvalue weighted by Crippen LogP contribution is 2.21. The van der Waals surface area contributed by atoms with Gasteiger partial charge in [0.15, 0.2) is 5.16 Å². The summed E-state index contributed by atoms with van der Waals surface area (Å²) in [5.74, 6) is -1.10. The minimum Gasteiger partial charge on any atom is -0.481 e. The number of nitrogens with two attached hydrogens (primary N) is 1. The second-order valence-electron chi connectivity index (χ2n) is 4.65. The zero-order valence-corrected chi connectivity index (χ0v) is 12.4. The summed E-state index contributed by atoms with van der Waals surface area (Å²) < 4.78 is 15.2. The lowest BCUT2D eigenvalue weighted by Gasteiger charge is -2.10. The molecule has 2 rings (SSSR count). The van der Waals surface area contributed by atoms with Crippen molar-refractivity contribution < 1.29 is 14.3 Å². The van der Waals surface area contributed by atoms with Crippen LogP contribution in [0.5, 0.6) is 0 Å². The smallest absolute Gasteiger partial charge is 0.313 e. The molecule has 8 heteroatoms. The van der Waals surface area contributed by atoms with Crippen molar-refractivity contribution >= 4 is 23.7 Å². The maximum absolute atomic E-state index is 13.6. The molecule has 6 nitrogen and oxygen atoms in total. The van der Waals surface area contributed by atoms with Gasteiger partial charge < -0.3 is 10.8 Å². The molecule has 0 aliphatic heterocycles. The third-order valence-electron chi connectivity index (χ3n) is 2.91. The fourth-order valence-electron chi connectivity index (χ4n) is 1.99. The van der Waals surface area contributed by atoms with Gasteiger partial charge in [-0.2, -0.15) is 0 Å². The highest BCUT2D eigenvalue weighted by atomic mass is 32.2. The van der Waals surface area contributed by atoms with E-state index in [0.717, 1.165) is 17.3 Å². The summed E-state index contributed by atoms with van der Waals surface area (Å²) in [4.78, 5) is 10.6. The quantitative estimate of drug-likeness (QED) is 0.818. The molecule has 0 aliphatic carbocycles. The number of hydrogen-bond acceptors (Lipinski definition) is 5. The largest absolute Gasteiger partial charge is 0.481 e. The molecule has 112 valence electrons. The van der Waals surface area contributed by atoms with Gasteiger partial charge in [0, 0.05) is 0 Å². The molecular weight excluding hydrogens is 295 g/mol. The van der Waals surface area contributed by atoms with Crippen LogP contribution in [0.2, 0.25) is 0 Å². The summed E-state index contributed by atoms with van der Waals surface area (Å²) in [6.45, 7) is 3.76. The summed E-state index contributed by atoms with van der Waals surface area (Å²) in [5, 5.41) is 16.8. The van der Waals surface area contributed by atoms with Crippen LogP contribution in [0.25, 0.3) is 0 Å². The van der Waals surface area contributed by atoms with Crippen LogP contribution < -0.4 is 5.73 Å². The zero-order valence-electron chi connectivity index (χ0n) is 11.6. The van der Waals surface area contributed by atoms with E-state index in [1.54, 1.807) is 30.5 Å². The fraction of sp³-hybridized carbons (Fsp3) is 0.308.